The van der Waals surface area contributed by atoms with Gasteiger partial charge >= 0.3 is 0 Å². The molecule has 0 unspecified atom stereocenters. The van der Waals surface area contributed by atoms with E-state index in [1.807, 2.05) is 18.2 Å². The molecule has 2 aromatic heterocycles. The Labute approximate surface area is 112 Å². The summed E-state index contributed by atoms with van der Waals surface area (Å²) in [6.07, 6.45) is 10.5. The van der Waals surface area contributed by atoms with Gasteiger partial charge in [-0.3, -0.25) is 4.79 Å². The largest absolute Gasteiger partial charge is 0.298 e. The first kappa shape index (κ1) is 12.1. The zero-order chi connectivity index (χ0) is 13.1. The lowest BCUT2D eigenvalue weighted by molar-refractivity contribution is 0.112. The summed E-state index contributed by atoms with van der Waals surface area (Å²) in [5, 5.41) is 4.60. The number of aldehydes is 1. The molecule has 0 aliphatic heterocycles. The third kappa shape index (κ3) is 2.43. The van der Waals surface area contributed by atoms with Gasteiger partial charge in [0.05, 0.1) is 11.3 Å². The number of hydrogen-bond acceptors (Lipinski definition) is 3. The summed E-state index contributed by atoms with van der Waals surface area (Å²) in [4.78, 5) is 15.5. The first-order valence-electron chi connectivity index (χ1n) is 6.84. The molecule has 3 rings (SSSR count). The molecule has 2 aromatic rings. The maximum absolute atomic E-state index is 11.2. The Kier molecular flexibility index (Phi) is 3.40. The van der Waals surface area contributed by atoms with E-state index in [-0.39, 0.29) is 0 Å². The molecule has 1 fully saturated rings. The van der Waals surface area contributed by atoms with Crippen LogP contribution in [0.5, 0.6) is 0 Å². The van der Waals surface area contributed by atoms with Gasteiger partial charge in [0.25, 0.3) is 0 Å². The lowest BCUT2D eigenvalue weighted by atomic mass is 9.86. The van der Waals surface area contributed by atoms with Crippen molar-refractivity contribution < 1.29 is 4.79 Å². The highest BCUT2D eigenvalue weighted by molar-refractivity contribution is 5.76. The first-order chi connectivity index (χ1) is 9.38. The molecular formula is C15H17N3O. The molecule has 0 atom stereocenters. The first-order valence-corrected chi connectivity index (χ1v) is 6.84. The van der Waals surface area contributed by atoms with Crippen molar-refractivity contribution in [1.29, 1.82) is 0 Å². The van der Waals surface area contributed by atoms with Crippen LogP contribution in [0, 0.1) is 0 Å². The van der Waals surface area contributed by atoms with Gasteiger partial charge < -0.3 is 0 Å². The van der Waals surface area contributed by atoms with Crippen molar-refractivity contribution in [3.05, 3.63) is 41.9 Å². The van der Waals surface area contributed by atoms with Crippen molar-refractivity contribution in [3.8, 4) is 5.82 Å². The van der Waals surface area contributed by atoms with Crippen molar-refractivity contribution in [2.24, 2.45) is 0 Å². The number of hydrogen-bond donors (Lipinski definition) is 0. The fourth-order valence-electron chi connectivity index (χ4n) is 2.79. The van der Waals surface area contributed by atoms with Crippen LogP contribution < -0.4 is 0 Å². The maximum atomic E-state index is 11.2. The standard InChI is InChI=1S/C15H17N3O/c19-11-13-10-18(14-8-4-5-9-16-14)17-15(13)12-6-2-1-3-7-12/h4-5,8-12H,1-3,6-7H2. The van der Waals surface area contributed by atoms with E-state index >= 15 is 0 Å². The molecule has 4 nitrogen and oxygen atoms in total. The van der Waals surface area contributed by atoms with Crippen LogP contribution >= 0.6 is 0 Å². The van der Waals surface area contributed by atoms with Gasteiger partial charge in [0.2, 0.25) is 0 Å². The van der Waals surface area contributed by atoms with E-state index in [2.05, 4.69) is 10.1 Å². The van der Waals surface area contributed by atoms with Gasteiger partial charge in [-0.2, -0.15) is 5.10 Å². The summed E-state index contributed by atoms with van der Waals surface area (Å²) in [5.74, 6) is 1.19. The third-order valence-corrected chi connectivity index (χ3v) is 3.78. The molecular weight excluding hydrogens is 238 g/mol. The fraction of sp³-hybridized carbons (Fsp3) is 0.400. The van der Waals surface area contributed by atoms with Crippen molar-refractivity contribution in [2.45, 2.75) is 38.0 Å². The molecule has 19 heavy (non-hydrogen) atoms. The minimum absolute atomic E-state index is 0.430. The van der Waals surface area contributed by atoms with E-state index in [0.717, 1.165) is 30.6 Å². The predicted molar refractivity (Wildman–Crippen MR) is 72.6 cm³/mol. The minimum Gasteiger partial charge on any atom is -0.298 e. The van der Waals surface area contributed by atoms with Crippen LogP contribution in [0.4, 0.5) is 0 Å². The predicted octanol–water partition coefficient (Wildman–Crippen LogP) is 3.13. The molecule has 1 saturated carbocycles. The number of rotatable bonds is 3. The lowest BCUT2D eigenvalue weighted by Crippen LogP contribution is -2.08. The number of aromatic nitrogens is 3. The number of carbonyl (C=O) groups is 1. The quantitative estimate of drug-likeness (QED) is 0.792. The highest BCUT2D eigenvalue weighted by atomic mass is 16.1. The summed E-state index contributed by atoms with van der Waals surface area (Å²) < 4.78 is 1.72. The summed E-state index contributed by atoms with van der Waals surface area (Å²) in [5.41, 5.74) is 1.65. The van der Waals surface area contributed by atoms with Crippen LogP contribution in [-0.4, -0.2) is 21.1 Å². The van der Waals surface area contributed by atoms with Gasteiger partial charge in [-0.05, 0) is 25.0 Å². The van der Waals surface area contributed by atoms with Crippen LogP contribution in [0.15, 0.2) is 30.6 Å². The smallest absolute Gasteiger partial charge is 0.153 e. The number of pyridine rings is 1. The van der Waals surface area contributed by atoms with Crippen LogP contribution in [0.3, 0.4) is 0 Å². The van der Waals surface area contributed by atoms with Crippen LogP contribution in [-0.2, 0) is 0 Å². The third-order valence-electron chi connectivity index (χ3n) is 3.78. The van der Waals surface area contributed by atoms with Crippen molar-refractivity contribution in [2.75, 3.05) is 0 Å². The molecule has 0 amide bonds. The van der Waals surface area contributed by atoms with Crippen molar-refractivity contribution in [3.63, 3.8) is 0 Å². The Morgan fingerprint density at radius 2 is 2.05 bits per heavy atom. The SMILES string of the molecule is O=Cc1cn(-c2ccccn2)nc1C1CCCCC1. The molecule has 0 N–H and O–H groups in total. The van der Waals surface area contributed by atoms with Gasteiger partial charge in [0.15, 0.2) is 12.1 Å². The molecule has 2 heterocycles. The molecule has 0 saturated heterocycles. The monoisotopic (exact) mass is 255 g/mol. The molecule has 0 bridgehead atoms. The zero-order valence-corrected chi connectivity index (χ0v) is 10.8. The Hall–Kier alpha value is -1.97. The normalized spacial score (nSPS) is 16.4. The summed E-state index contributed by atoms with van der Waals surface area (Å²) in [6.45, 7) is 0. The summed E-state index contributed by atoms with van der Waals surface area (Å²) in [6, 6.07) is 5.69. The molecule has 1 aliphatic carbocycles. The summed E-state index contributed by atoms with van der Waals surface area (Å²) >= 11 is 0. The maximum Gasteiger partial charge on any atom is 0.153 e. The number of carbonyl (C=O) groups excluding carboxylic acids is 1. The van der Waals surface area contributed by atoms with Gasteiger partial charge in [-0.1, -0.05) is 25.3 Å². The summed E-state index contributed by atoms with van der Waals surface area (Å²) in [7, 11) is 0. The molecule has 0 aromatic carbocycles. The Morgan fingerprint density at radius 1 is 1.21 bits per heavy atom. The van der Waals surface area contributed by atoms with E-state index in [0.29, 0.717) is 11.5 Å². The number of nitrogens with zero attached hydrogens (tertiary/aromatic N) is 3. The highest BCUT2D eigenvalue weighted by Gasteiger charge is 2.22. The molecule has 0 spiro atoms. The Bertz CT molecular complexity index is 556. The van der Waals surface area contributed by atoms with E-state index in [1.54, 1.807) is 17.1 Å². The molecule has 1 aliphatic rings. The van der Waals surface area contributed by atoms with E-state index in [9.17, 15) is 4.79 Å². The van der Waals surface area contributed by atoms with Crippen molar-refractivity contribution in [1.82, 2.24) is 14.8 Å². The van der Waals surface area contributed by atoms with Crippen LogP contribution in [0.25, 0.3) is 5.82 Å². The second kappa shape index (κ2) is 5.34. The Morgan fingerprint density at radius 3 is 2.74 bits per heavy atom. The lowest BCUT2D eigenvalue weighted by Gasteiger charge is -2.19. The van der Waals surface area contributed by atoms with Gasteiger partial charge in [0, 0.05) is 18.3 Å². The average Bonchev–Trinajstić information content (AvgIpc) is 2.93. The van der Waals surface area contributed by atoms with Gasteiger partial charge in [-0.15, -0.1) is 0 Å². The van der Waals surface area contributed by atoms with E-state index in [4.69, 9.17) is 0 Å². The second-order valence-electron chi connectivity index (χ2n) is 5.05. The van der Waals surface area contributed by atoms with Gasteiger partial charge in [0.1, 0.15) is 0 Å². The van der Waals surface area contributed by atoms with E-state index < -0.39 is 0 Å². The molecule has 0 radical (unpaired) electrons. The molecule has 98 valence electrons. The van der Waals surface area contributed by atoms with Crippen LogP contribution in [0.1, 0.15) is 54.1 Å². The average molecular weight is 255 g/mol. The van der Waals surface area contributed by atoms with Gasteiger partial charge in [-0.25, -0.2) is 9.67 Å². The molecule has 4 heteroatoms. The van der Waals surface area contributed by atoms with Crippen LogP contribution in [0.2, 0.25) is 0 Å². The fourth-order valence-corrected chi connectivity index (χ4v) is 2.79. The highest BCUT2D eigenvalue weighted by Crippen LogP contribution is 2.33. The minimum atomic E-state index is 0.430. The second-order valence-corrected chi connectivity index (χ2v) is 5.05. The van der Waals surface area contributed by atoms with Crippen molar-refractivity contribution >= 4 is 6.29 Å². The zero-order valence-electron chi connectivity index (χ0n) is 10.8. The topological polar surface area (TPSA) is 47.8 Å². The Balaban J connectivity index is 1.96. The van der Waals surface area contributed by atoms with E-state index in [1.165, 1.54) is 19.3 Å².